The molecule has 1 aliphatic rings. The van der Waals surface area contributed by atoms with Gasteiger partial charge in [0.2, 0.25) is 0 Å². The van der Waals surface area contributed by atoms with Crippen LogP contribution in [0, 0.1) is 0 Å². The number of benzene rings is 1. The van der Waals surface area contributed by atoms with E-state index in [1.54, 1.807) is 0 Å². The Kier molecular flexibility index (Phi) is 5.47. The van der Waals surface area contributed by atoms with Gasteiger partial charge in [-0.2, -0.15) is 0 Å². The highest BCUT2D eigenvalue weighted by Crippen LogP contribution is 2.35. The molecule has 5 rings (SSSR count). The molecule has 0 saturated carbocycles. The van der Waals surface area contributed by atoms with Crippen molar-refractivity contribution in [2.75, 3.05) is 13.1 Å². The molecule has 30 heavy (non-hydrogen) atoms. The number of H-pyrrole nitrogens is 1. The summed E-state index contributed by atoms with van der Waals surface area (Å²) in [5.41, 5.74) is 11.9. The molecule has 0 saturated heterocycles. The van der Waals surface area contributed by atoms with Crippen LogP contribution in [-0.2, 0) is 13.0 Å². The van der Waals surface area contributed by atoms with Crippen LogP contribution in [0.15, 0.2) is 54.9 Å². The number of pyridine rings is 2. The summed E-state index contributed by atoms with van der Waals surface area (Å²) in [6, 6.07) is 15.3. The van der Waals surface area contributed by atoms with E-state index >= 15 is 0 Å². The Morgan fingerprint density at radius 3 is 2.87 bits per heavy atom. The second-order valence-corrected chi connectivity index (χ2v) is 8.27. The molecule has 1 atom stereocenters. The SMILES string of the molecule is NCCCCN(Cc1nccc2c1[nH]c1ccccc12)[C@H]1CCCc2cccnc21. The monoisotopic (exact) mass is 399 g/mol. The Bertz CT molecular complexity index is 1150. The fraction of sp³-hybridized carbons (Fsp3) is 0.360. The van der Waals surface area contributed by atoms with Gasteiger partial charge in [-0.25, -0.2) is 0 Å². The lowest BCUT2D eigenvalue weighted by Gasteiger charge is -2.35. The molecule has 5 nitrogen and oxygen atoms in total. The van der Waals surface area contributed by atoms with Crippen molar-refractivity contribution in [3.8, 4) is 0 Å². The maximum Gasteiger partial charge on any atom is 0.0784 e. The molecule has 1 aliphatic carbocycles. The van der Waals surface area contributed by atoms with E-state index < -0.39 is 0 Å². The average molecular weight is 400 g/mol. The first-order valence-electron chi connectivity index (χ1n) is 11.1. The number of nitrogens with zero attached hydrogens (tertiary/aromatic N) is 3. The quantitative estimate of drug-likeness (QED) is 0.441. The van der Waals surface area contributed by atoms with Crippen molar-refractivity contribution in [2.45, 2.75) is 44.7 Å². The van der Waals surface area contributed by atoms with E-state index in [1.807, 2.05) is 12.4 Å². The highest BCUT2D eigenvalue weighted by atomic mass is 15.2. The molecule has 0 spiro atoms. The number of fused-ring (bicyclic) bond motifs is 4. The van der Waals surface area contributed by atoms with E-state index in [9.17, 15) is 0 Å². The number of rotatable bonds is 7. The summed E-state index contributed by atoms with van der Waals surface area (Å²) >= 11 is 0. The van der Waals surface area contributed by atoms with Gasteiger partial charge in [0, 0.05) is 35.2 Å². The van der Waals surface area contributed by atoms with Crippen molar-refractivity contribution in [1.29, 1.82) is 0 Å². The van der Waals surface area contributed by atoms with Crippen molar-refractivity contribution < 1.29 is 0 Å². The van der Waals surface area contributed by atoms with E-state index in [4.69, 9.17) is 15.7 Å². The fourth-order valence-electron chi connectivity index (χ4n) is 4.89. The first kappa shape index (κ1) is 19.2. The highest BCUT2D eigenvalue weighted by molar-refractivity contribution is 6.07. The lowest BCUT2D eigenvalue weighted by Crippen LogP contribution is -2.33. The predicted molar refractivity (Wildman–Crippen MR) is 122 cm³/mol. The summed E-state index contributed by atoms with van der Waals surface area (Å²) in [6.07, 6.45) is 9.51. The molecule has 0 unspecified atom stereocenters. The summed E-state index contributed by atoms with van der Waals surface area (Å²) in [5.74, 6) is 0. The van der Waals surface area contributed by atoms with Gasteiger partial charge in [-0.05, 0) is 69.0 Å². The third kappa shape index (κ3) is 3.59. The normalized spacial score (nSPS) is 16.4. The van der Waals surface area contributed by atoms with E-state index in [0.717, 1.165) is 56.5 Å². The van der Waals surface area contributed by atoms with Crippen molar-refractivity contribution in [3.05, 3.63) is 71.8 Å². The van der Waals surface area contributed by atoms with Crippen LogP contribution in [-0.4, -0.2) is 32.9 Å². The maximum absolute atomic E-state index is 5.79. The fourth-order valence-corrected chi connectivity index (χ4v) is 4.89. The van der Waals surface area contributed by atoms with Gasteiger partial charge in [0.15, 0.2) is 0 Å². The lowest BCUT2D eigenvalue weighted by molar-refractivity contribution is 0.161. The molecule has 0 fully saturated rings. The number of aromatic nitrogens is 3. The van der Waals surface area contributed by atoms with E-state index in [2.05, 4.69) is 52.3 Å². The summed E-state index contributed by atoms with van der Waals surface area (Å²) < 4.78 is 0. The number of para-hydroxylation sites is 1. The summed E-state index contributed by atoms with van der Waals surface area (Å²) in [6.45, 7) is 2.56. The van der Waals surface area contributed by atoms with E-state index in [0.29, 0.717) is 6.04 Å². The second-order valence-electron chi connectivity index (χ2n) is 8.27. The number of unbranched alkanes of at least 4 members (excludes halogenated alkanes) is 1. The molecule has 5 heteroatoms. The van der Waals surface area contributed by atoms with Crippen LogP contribution in [0.4, 0.5) is 0 Å². The molecular weight excluding hydrogens is 370 g/mol. The standard InChI is InChI=1S/C25H29N5/c26-13-3-4-16-30(23-11-5-7-18-8-6-14-28-24(18)23)17-22-25-20(12-15-27-22)19-9-1-2-10-21(19)29-25/h1-2,6,8-10,12,14-15,23,29H,3-5,7,11,13,16-17,26H2/t23-/m0/s1. The minimum Gasteiger partial charge on any atom is -0.353 e. The lowest BCUT2D eigenvalue weighted by atomic mass is 9.90. The Morgan fingerprint density at radius 2 is 1.93 bits per heavy atom. The molecule has 0 amide bonds. The maximum atomic E-state index is 5.79. The highest BCUT2D eigenvalue weighted by Gasteiger charge is 2.27. The minimum atomic E-state index is 0.342. The Labute approximate surface area is 177 Å². The Hall–Kier alpha value is -2.76. The van der Waals surface area contributed by atoms with Crippen LogP contribution in [0.25, 0.3) is 21.8 Å². The van der Waals surface area contributed by atoms with Gasteiger partial charge in [-0.3, -0.25) is 14.9 Å². The van der Waals surface area contributed by atoms with Gasteiger partial charge in [0.25, 0.3) is 0 Å². The number of aryl methyl sites for hydroxylation is 1. The molecule has 1 aromatic carbocycles. The number of nitrogens with two attached hydrogens (primary N) is 1. The summed E-state index contributed by atoms with van der Waals surface area (Å²) in [4.78, 5) is 15.8. The molecule has 3 N–H and O–H groups in total. The Morgan fingerprint density at radius 1 is 1.00 bits per heavy atom. The zero-order chi connectivity index (χ0) is 20.3. The van der Waals surface area contributed by atoms with E-state index in [-0.39, 0.29) is 0 Å². The summed E-state index contributed by atoms with van der Waals surface area (Å²) in [5, 5.41) is 2.51. The first-order valence-corrected chi connectivity index (χ1v) is 11.1. The number of hydrogen-bond donors (Lipinski definition) is 2. The van der Waals surface area contributed by atoms with Crippen molar-refractivity contribution in [3.63, 3.8) is 0 Å². The van der Waals surface area contributed by atoms with Gasteiger partial charge in [0.05, 0.1) is 22.9 Å². The van der Waals surface area contributed by atoms with Crippen LogP contribution in [0.5, 0.6) is 0 Å². The van der Waals surface area contributed by atoms with Gasteiger partial charge >= 0.3 is 0 Å². The van der Waals surface area contributed by atoms with Crippen molar-refractivity contribution >= 4 is 21.8 Å². The first-order chi connectivity index (χ1) is 14.8. The molecule has 0 aliphatic heterocycles. The van der Waals surface area contributed by atoms with Crippen LogP contribution >= 0.6 is 0 Å². The summed E-state index contributed by atoms with van der Waals surface area (Å²) in [7, 11) is 0. The third-order valence-corrected chi connectivity index (χ3v) is 6.36. The molecule has 0 radical (unpaired) electrons. The average Bonchev–Trinajstić information content (AvgIpc) is 3.18. The second kappa shape index (κ2) is 8.54. The molecule has 0 bridgehead atoms. The Balaban J connectivity index is 1.52. The van der Waals surface area contributed by atoms with Crippen molar-refractivity contribution in [2.24, 2.45) is 5.73 Å². The molecular formula is C25H29N5. The topological polar surface area (TPSA) is 70.8 Å². The van der Waals surface area contributed by atoms with Crippen LogP contribution in [0.3, 0.4) is 0 Å². The largest absolute Gasteiger partial charge is 0.353 e. The molecule has 3 heterocycles. The van der Waals surface area contributed by atoms with Crippen LogP contribution in [0.2, 0.25) is 0 Å². The third-order valence-electron chi connectivity index (χ3n) is 6.36. The van der Waals surface area contributed by atoms with Gasteiger partial charge < -0.3 is 10.7 Å². The smallest absolute Gasteiger partial charge is 0.0784 e. The number of nitrogens with one attached hydrogen (secondary N) is 1. The van der Waals surface area contributed by atoms with Crippen LogP contribution in [0.1, 0.15) is 48.7 Å². The zero-order valence-corrected chi connectivity index (χ0v) is 17.3. The molecule has 3 aromatic heterocycles. The predicted octanol–water partition coefficient (Wildman–Crippen LogP) is 4.73. The van der Waals surface area contributed by atoms with Crippen molar-refractivity contribution in [1.82, 2.24) is 19.9 Å². The number of aromatic amines is 1. The zero-order valence-electron chi connectivity index (χ0n) is 17.3. The van der Waals surface area contributed by atoms with Gasteiger partial charge in [-0.15, -0.1) is 0 Å². The molecule has 4 aromatic rings. The molecule has 154 valence electrons. The number of hydrogen-bond acceptors (Lipinski definition) is 4. The van der Waals surface area contributed by atoms with E-state index in [1.165, 1.54) is 34.0 Å². The minimum absolute atomic E-state index is 0.342. The van der Waals surface area contributed by atoms with Crippen LogP contribution < -0.4 is 5.73 Å². The van der Waals surface area contributed by atoms with Gasteiger partial charge in [-0.1, -0.05) is 24.3 Å². The van der Waals surface area contributed by atoms with Gasteiger partial charge in [0.1, 0.15) is 0 Å².